The van der Waals surface area contributed by atoms with Crippen molar-refractivity contribution in [3.05, 3.63) is 0 Å². The third kappa shape index (κ3) is 19.7. The van der Waals surface area contributed by atoms with E-state index in [4.69, 9.17) is 47.4 Å². The second kappa shape index (κ2) is 32.4. The lowest BCUT2D eigenvalue weighted by atomic mass is 9.81. The fourth-order valence-corrected chi connectivity index (χ4v) is 14.6. The molecule has 0 aromatic rings. The lowest BCUT2D eigenvalue weighted by molar-refractivity contribution is -0.175. The van der Waals surface area contributed by atoms with Crippen LogP contribution in [0.3, 0.4) is 0 Å². The first kappa shape index (κ1) is 65.5. The molecular weight excluding hydrogens is 1170 g/mol. The van der Waals surface area contributed by atoms with Crippen LogP contribution in [-0.2, 0) is 105 Å². The Kier molecular flexibility index (Phi) is 26.5. The molecule has 3 aliphatic heterocycles. The van der Waals surface area contributed by atoms with E-state index in [2.05, 4.69) is 37.9 Å². The Labute approximate surface area is 492 Å². The van der Waals surface area contributed by atoms with E-state index in [0.29, 0.717) is 63.5 Å². The smallest absolute Gasteiger partial charge is 0.317 e. The third-order valence-corrected chi connectivity index (χ3v) is 19.5. The topological polar surface area (TPSA) is 297 Å². The largest absolute Gasteiger partial charge is 0.465 e. The van der Waals surface area contributed by atoms with Gasteiger partial charge in [-0.1, -0.05) is 0 Å². The standard InChI is InChI=1S/C52H70O22S6/c53-39(7-13-75)66-24-51(25-67-40(54)8-14-76,27-69-42(56)10-16-78-30-1-4-33-36(19-30)48(62)72-45(33)59)22-65-23-52(26-68-41(55)9-15-77,28-70-43(57)11-17-79-31-2-5-34-37(20-31)49(63)73-46(34)60)29-71-44(58)12-18-80-32-3-6-35-38(21-32)50(64)74-47(35)61/h30-38,75-77H,1-29H2. The summed E-state index contributed by atoms with van der Waals surface area (Å²) in [5, 5.41) is -0.0616. The van der Waals surface area contributed by atoms with Crippen LogP contribution >= 0.6 is 73.2 Å². The summed E-state index contributed by atoms with van der Waals surface area (Å²) < 4.78 is 55.3. The summed E-state index contributed by atoms with van der Waals surface area (Å²) in [6, 6.07) is 0. The van der Waals surface area contributed by atoms with Crippen LogP contribution in [0.2, 0.25) is 0 Å². The predicted molar refractivity (Wildman–Crippen MR) is 295 cm³/mol. The molecule has 9 atom stereocenters. The van der Waals surface area contributed by atoms with Crippen molar-refractivity contribution in [2.45, 2.75) is 112 Å². The van der Waals surface area contributed by atoms with Gasteiger partial charge in [0.25, 0.3) is 0 Å². The van der Waals surface area contributed by atoms with Gasteiger partial charge in [-0.3, -0.25) is 57.5 Å². The summed E-state index contributed by atoms with van der Waals surface area (Å²) >= 11 is 16.8. The minimum Gasteiger partial charge on any atom is -0.465 e. The second-order valence-corrected chi connectivity index (χ2v) is 26.5. The molecule has 3 saturated heterocycles. The van der Waals surface area contributed by atoms with Gasteiger partial charge < -0.3 is 47.4 Å². The Morgan fingerprint density at radius 1 is 0.362 bits per heavy atom. The summed E-state index contributed by atoms with van der Waals surface area (Å²) in [7, 11) is 0. The molecule has 6 fully saturated rings. The number of esters is 12. The maximum absolute atomic E-state index is 13.5. The van der Waals surface area contributed by atoms with Crippen molar-refractivity contribution in [2.75, 3.05) is 87.4 Å². The molecule has 80 heavy (non-hydrogen) atoms. The monoisotopic (exact) mass is 1240 g/mol. The SMILES string of the molecule is O=C(CCS)OCC(COCC(COC(=O)CCS)(COC(=O)CCSC1CCC2C(=O)OC(=O)C2C1)COC(=O)CCSC1CCC2C(=O)OC(=O)C2C1)(COC(=O)CCS)COC(=O)CCSC1CCC2C(=O)OC(=O)C2C1. The van der Waals surface area contributed by atoms with Crippen LogP contribution in [0.4, 0.5) is 0 Å². The van der Waals surface area contributed by atoms with Gasteiger partial charge in [0.1, 0.15) is 39.6 Å². The molecule has 0 spiro atoms. The molecule has 3 saturated carbocycles. The van der Waals surface area contributed by atoms with E-state index in [1.54, 1.807) is 0 Å². The van der Waals surface area contributed by atoms with Crippen LogP contribution < -0.4 is 0 Å². The van der Waals surface area contributed by atoms with Gasteiger partial charge in [0.2, 0.25) is 0 Å². The number of ether oxygens (including phenoxy) is 10. The van der Waals surface area contributed by atoms with E-state index in [0.717, 1.165) is 0 Å². The minimum absolute atomic E-state index is 0.0141. The highest BCUT2D eigenvalue weighted by Crippen LogP contribution is 2.44. The number of carbonyl (C=O) groups is 12. The lowest BCUT2D eigenvalue weighted by Gasteiger charge is -2.35. The van der Waals surface area contributed by atoms with Crippen molar-refractivity contribution in [1.29, 1.82) is 0 Å². The maximum Gasteiger partial charge on any atom is 0.317 e. The van der Waals surface area contributed by atoms with Gasteiger partial charge >= 0.3 is 71.6 Å². The average Bonchev–Trinajstić information content (AvgIpc) is 4.00. The molecule has 28 heteroatoms. The lowest BCUT2D eigenvalue weighted by Crippen LogP contribution is -2.47. The van der Waals surface area contributed by atoms with Crippen molar-refractivity contribution in [3.63, 3.8) is 0 Å². The van der Waals surface area contributed by atoms with E-state index in [1.807, 2.05) is 0 Å². The van der Waals surface area contributed by atoms with Crippen molar-refractivity contribution in [1.82, 2.24) is 0 Å². The Bertz CT molecular complexity index is 2170. The minimum atomic E-state index is -1.62. The highest BCUT2D eigenvalue weighted by molar-refractivity contribution is 8.00. The zero-order valence-electron chi connectivity index (χ0n) is 44.3. The Morgan fingerprint density at radius 3 is 0.850 bits per heavy atom. The highest BCUT2D eigenvalue weighted by Gasteiger charge is 2.50. The fourth-order valence-electron chi connectivity index (χ4n) is 10.2. The van der Waals surface area contributed by atoms with E-state index >= 15 is 0 Å². The summed E-state index contributed by atoms with van der Waals surface area (Å²) in [5.41, 5.74) is -3.21. The fraction of sp³-hybridized carbons (Fsp3) is 0.769. The molecule has 0 bridgehead atoms. The third-order valence-electron chi connectivity index (χ3n) is 14.8. The molecule has 6 rings (SSSR count). The zero-order valence-corrected chi connectivity index (χ0v) is 49.4. The number of thiol groups is 3. The summed E-state index contributed by atoms with van der Waals surface area (Å²) in [4.78, 5) is 152. The number of fused-ring (bicyclic) bond motifs is 3. The molecule has 3 aliphatic carbocycles. The molecule has 0 aromatic heterocycles. The molecular formula is C52H70O22S6. The van der Waals surface area contributed by atoms with Crippen LogP contribution in [0, 0.1) is 46.3 Å². The van der Waals surface area contributed by atoms with E-state index in [-0.39, 0.29) is 83.0 Å². The molecule has 0 N–H and O–H groups in total. The molecule has 446 valence electrons. The Hall–Kier alpha value is -3.70. The first-order valence-electron chi connectivity index (χ1n) is 26.8. The highest BCUT2D eigenvalue weighted by atomic mass is 32.2. The van der Waals surface area contributed by atoms with Gasteiger partial charge in [0.05, 0.1) is 98.1 Å². The van der Waals surface area contributed by atoms with Crippen LogP contribution in [-0.4, -0.2) is 175 Å². The number of thioether (sulfide) groups is 3. The summed E-state index contributed by atoms with van der Waals surface area (Å²) in [6.07, 6.45) is 4.04. The van der Waals surface area contributed by atoms with Crippen LogP contribution in [0.25, 0.3) is 0 Å². The van der Waals surface area contributed by atoms with Gasteiger partial charge in [0.15, 0.2) is 0 Å². The molecule has 9 unspecified atom stereocenters. The van der Waals surface area contributed by atoms with Gasteiger partial charge in [-0.25, -0.2) is 0 Å². The van der Waals surface area contributed by atoms with Crippen molar-refractivity contribution >= 4 is 145 Å². The zero-order chi connectivity index (χ0) is 57.8. The quantitative estimate of drug-likeness (QED) is 0.0352. The summed E-state index contributed by atoms with van der Waals surface area (Å²) in [5.74, 6) is -8.92. The van der Waals surface area contributed by atoms with Crippen LogP contribution in [0.5, 0.6) is 0 Å². The molecule has 0 amide bonds. The number of rotatable bonds is 34. The average molecular weight is 1240 g/mol. The summed E-state index contributed by atoms with van der Waals surface area (Å²) in [6.45, 7) is -4.03. The molecule has 3 heterocycles. The first-order chi connectivity index (χ1) is 38.4. The predicted octanol–water partition coefficient (Wildman–Crippen LogP) is 4.17. The van der Waals surface area contributed by atoms with Gasteiger partial charge in [-0.15, -0.1) is 0 Å². The Balaban J connectivity index is 1.15. The second-order valence-electron chi connectivity index (χ2n) is 20.9. The normalized spacial score (nSPS) is 25.9. The molecule has 0 radical (unpaired) electrons. The van der Waals surface area contributed by atoms with Crippen molar-refractivity contribution < 1.29 is 105 Å². The molecule has 6 aliphatic rings. The van der Waals surface area contributed by atoms with Gasteiger partial charge in [-0.05, 0) is 57.8 Å². The number of carbonyl (C=O) groups excluding carboxylic acids is 12. The number of hydrogen-bond acceptors (Lipinski definition) is 28. The number of hydrogen-bond donors (Lipinski definition) is 3. The molecule has 22 nitrogen and oxygen atoms in total. The molecule has 0 aromatic carbocycles. The first-order valence-corrected chi connectivity index (χ1v) is 31.9. The van der Waals surface area contributed by atoms with Crippen LogP contribution in [0.15, 0.2) is 0 Å². The van der Waals surface area contributed by atoms with E-state index in [1.165, 1.54) is 35.3 Å². The maximum atomic E-state index is 13.5. The van der Waals surface area contributed by atoms with Crippen molar-refractivity contribution in [2.24, 2.45) is 46.3 Å². The van der Waals surface area contributed by atoms with E-state index < -0.39 is 171 Å². The van der Waals surface area contributed by atoms with Gasteiger partial charge in [-0.2, -0.15) is 73.2 Å². The van der Waals surface area contributed by atoms with Gasteiger partial charge in [0, 0.05) is 50.3 Å². The van der Waals surface area contributed by atoms with E-state index in [9.17, 15) is 57.5 Å². The number of cyclic esters (lactones) is 6. The van der Waals surface area contributed by atoms with Crippen molar-refractivity contribution in [3.8, 4) is 0 Å². The van der Waals surface area contributed by atoms with Crippen LogP contribution in [0.1, 0.15) is 96.3 Å². The Morgan fingerprint density at radius 2 is 0.600 bits per heavy atom.